The summed E-state index contributed by atoms with van der Waals surface area (Å²) in [7, 11) is 0. The average molecular weight is 234 g/mol. The van der Waals surface area contributed by atoms with Crippen molar-refractivity contribution in [2.45, 2.75) is 6.42 Å². The van der Waals surface area contributed by atoms with Gasteiger partial charge in [-0.3, -0.25) is 4.79 Å². The van der Waals surface area contributed by atoms with Crippen LogP contribution in [-0.4, -0.2) is 16.1 Å². The van der Waals surface area contributed by atoms with E-state index in [0.717, 1.165) is 6.07 Å². The normalized spacial score (nSPS) is 9.83. The van der Waals surface area contributed by atoms with E-state index in [-0.39, 0.29) is 11.0 Å². The van der Waals surface area contributed by atoms with Gasteiger partial charge in [0.1, 0.15) is 4.60 Å². The van der Waals surface area contributed by atoms with Gasteiger partial charge in [-0.05, 0) is 27.6 Å². The highest BCUT2D eigenvalue weighted by Crippen LogP contribution is 2.12. The van der Waals surface area contributed by atoms with Crippen molar-refractivity contribution in [2.75, 3.05) is 0 Å². The van der Waals surface area contributed by atoms with Crippen LogP contribution in [0.25, 0.3) is 0 Å². The van der Waals surface area contributed by atoms with Gasteiger partial charge in [-0.15, -0.1) is 0 Å². The van der Waals surface area contributed by atoms with Crippen LogP contribution in [-0.2, 0) is 11.2 Å². The minimum Gasteiger partial charge on any atom is -0.481 e. The Labute approximate surface area is 76.4 Å². The highest BCUT2D eigenvalue weighted by atomic mass is 79.9. The fourth-order valence-corrected chi connectivity index (χ4v) is 0.949. The summed E-state index contributed by atoms with van der Waals surface area (Å²) in [5.41, 5.74) is 0.350. The van der Waals surface area contributed by atoms with E-state index in [4.69, 9.17) is 5.11 Å². The number of nitrogens with zero attached hydrogens (tertiary/aromatic N) is 1. The summed E-state index contributed by atoms with van der Waals surface area (Å²) < 4.78 is 12.8. The van der Waals surface area contributed by atoms with Gasteiger partial charge in [0.05, 0.1) is 6.42 Å². The summed E-state index contributed by atoms with van der Waals surface area (Å²) in [6.07, 6.45) is 1.11. The highest BCUT2D eigenvalue weighted by molar-refractivity contribution is 9.10. The number of aliphatic carboxylic acids is 1. The number of carboxylic acid groups (broad SMARTS) is 1. The Hall–Kier alpha value is -0.970. The molecule has 1 heterocycles. The molecule has 1 rings (SSSR count). The van der Waals surface area contributed by atoms with E-state index in [1.54, 1.807) is 0 Å². The van der Waals surface area contributed by atoms with Gasteiger partial charge in [0, 0.05) is 6.20 Å². The van der Waals surface area contributed by atoms with Crippen molar-refractivity contribution in [3.05, 3.63) is 28.2 Å². The molecule has 0 amide bonds. The summed E-state index contributed by atoms with van der Waals surface area (Å²) in [6, 6.07) is 1.14. The standard InChI is InChI=1S/C7H5BrFNO2/c8-7-5(9)1-4(3-10-7)2-6(11)12/h1,3H,2H2,(H,11,12). The maximum Gasteiger partial charge on any atom is 0.307 e. The lowest BCUT2D eigenvalue weighted by Crippen LogP contribution is -2.01. The second-order valence-corrected chi connectivity index (χ2v) is 2.94. The number of hydrogen-bond acceptors (Lipinski definition) is 2. The molecule has 0 aliphatic rings. The molecular weight excluding hydrogens is 229 g/mol. The molecule has 0 aromatic carbocycles. The molecule has 1 N–H and O–H groups in total. The molecule has 0 unspecified atom stereocenters. The maximum absolute atomic E-state index is 12.7. The fourth-order valence-electron chi connectivity index (χ4n) is 0.732. The van der Waals surface area contributed by atoms with Crippen molar-refractivity contribution >= 4 is 21.9 Å². The van der Waals surface area contributed by atoms with Crippen LogP contribution >= 0.6 is 15.9 Å². The zero-order valence-electron chi connectivity index (χ0n) is 5.92. The van der Waals surface area contributed by atoms with Crippen LogP contribution in [0.2, 0.25) is 0 Å². The van der Waals surface area contributed by atoms with E-state index in [9.17, 15) is 9.18 Å². The second kappa shape index (κ2) is 3.62. The van der Waals surface area contributed by atoms with Crippen LogP contribution in [0, 0.1) is 5.82 Å². The van der Waals surface area contributed by atoms with E-state index in [1.165, 1.54) is 6.20 Å². The van der Waals surface area contributed by atoms with Crippen molar-refractivity contribution in [3.63, 3.8) is 0 Å². The first kappa shape index (κ1) is 9.12. The SMILES string of the molecule is O=C(O)Cc1cnc(Br)c(F)c1. The number of carboxylic acids is 1. The number of rotatable bonds is 2. The Bertz CT molecular complexity index is 316. The van der Waals surface area contributed by atoms with Crippen molar-refractivity contribution in [1.82, 2.24) is 4.98 Å². The van der Waals surface area contributed by atoms with Crippen LogP contribution in [0.5, 0.6) is 0 Å². The number of carbonyl (C=O) groups is 1. The molecule has 0 bridgehead atoms. The maximum atomic E-state index is 12.7. The Morgan fingerprint density at radius 3 is 2.92 bits per heavy atom. The van der Waals surface area contributed by atoms with E-state index in [2.05, 4.69) is 20.9 Å². The Morgan fingerprint density at radius 2 is 2.42 bits per heavy atom. The Morgan fingerprint density at radius 1 is 1.75 bits per heavy atom. The first-order chi connectivity index (χ1) is 5.59. The fraction of sp³-hybridized carbons (Fsp3) is 0.143. The lowest BCUT2D eigenvalue weighted by Gasteiger charge is -1.97. The first-order valence-electron chi connectivity index (χ1n) is 3.11. The van der Waals surface area contributed by atoms with Crippen LogP contribution in [0.1, 0.15) is 5.56 Å². The van der Waals surface area contributed by atoms with E-state index < -0.39 is 11.8 Å². The van der Waals surface area contributed by atoms with Crippen molar-refractivity contribution in [2.24, 2.45) is 0 Å². The van der Waals surface area contributed by atoms with Gasteiger partial charge in [0.15, 0.2) is 5.82 Å². The lowest BCUT2D eigenvalue weighted by atomic mass is 10.2. The summed E-state index contributed by atoms with van der Waals surface area (Å²) in [6.45, 7) is 0. The number of pyridine rings is 1. The highest BCUT2D eigenvalue weighted by Gasteiger charge is 2.04. The van der Waals surface area contributed by atoms with Crippen LogP contribution in [0.15, 0.2) is 16.9 Å². The molecule has 0 saturated heterocycles. The third-order valence-electron chi connectivity index (χ3n) is 1.21. The van der Waals surface area contributed by atoms with Gasteiger partial charge < -0.3 is 5.11 Å². The van der Waals surface area contributed by atoms with E-state index >= 15 is 0 Å². The van der Waals surface area contributed by atoms with Crippen molar-refractivity contribution < 1.29 is 14.3 Å². The van der Waals surface area contributed by atoms with E-state index in [1.807, 2.05) is 0 Å². The second-order valence-electron chi connectivity index (χ2n) is 2.19. The Balaban J connectivity index is 2.89. The molecule has 0 aliphatic carbocycles. The minimum absolute atomic E-state index is 0.0941. The van der Waals surface area contributed by atoms with Gasteiger partial charge in [-0.1, -0.05) is 0 Å². The van der Waals surface area contributed by atoms with Gasteiger partial charge in [0.25, 0.3) is 0 Å². The molecule has 1 aromatic heterocycles. The quantitative estimate of drug-likeness (QED) is 0.790. The van der Waals surface area contributed by atoms with Crippen molar-refractivity contribution in [3.8, 4) is 0 Å². The molecule has 64 valence electrons. The third-order valence-corrected chi connectivity index (χ3v) is 1.79. The molecule has 1 aromatic rings. The summed E-state index contributed by atoms with van der Waals surface area (Å²) >= 11 is 2.86. The summed E-state index contributed by atoms with van der Waals surface area (Å²) in [5.74, 6) is -1.55. The number of aromatic nitrogens is 1. The molecule has 0 spiro atoms. The van der Waals surface area contributed by atoms with Gasteiger partial charge in [-0.2, -0.15) is 0 Å². The predicted octanol–water partition coefficient (Wildman–Crippen LogP) is 1.61. The zero-order chi connectivity index (χ0) is 9.14. The van der Waals surface area contributed by atoms with Crippen molar-refractivity contribution in [1.29, 1.82) is 0 Å². The third kappa shape index (κ3) is 2.27. The largest absolute Gasteiger partial charge is 0.481 e. The molecule has 5 heteroatoms. The molecule has 0 fully saturated rings. The molecule has 0 aliphatic heterocycles. The minimum atomic E-state index is -1.00. The average Bonchev–Trinajstić information content (AvgIpc) is 1.96. The summed E-state index contributed by atoms with van der Waals surface area (Å²) in [4.78, 5) is 13.8. The van der Waals surface area contributed by atoms with Crippen LogP contribution in [0.4, 0.5) is 4.39 Å². The monoisotopic (exact) mass is 233 g/mol. The summed E-state index contributed by atoms with van der Waals surface area (Å²) in [5, 5.41) is 8.37. The molecule has 3 nitrogen and oxygen atoms in total. The van der Waals surface area contributed by atoms with Crippen LogP contribution < -0.4 is 0 Å². The number of halogens is 2. The first-order valence-corrected chi connectivity index (χ1v) is 3.90. The smallest absolute Gasteiger partial charge is 0.307 e. The van der Waals surface area contributed by atoms with Gasteiger partial charge in [-0.25, -0.2) is 9.37 Å². The van der Waals surface area contributed by atoms with Gasteiger partial charge in [0.2, 0.25) is 0 Å². The lowest BCUT2D eigenvalue weighted by molar-refractivity contribution is -0.136. The number of hydrogen-bond donors (Lipinski definition) is 1. The molecule has 0 saturated carbocycles. The van der Waals surface area contributed by atoms with Gasteiger partial charge >= 0.3 is 5.97 Å². The molecular formula is C7H5BrFNO2. The predicted molar refractivity (Wildman–Crippen MR) is 43.2 cm³/mol. The van der Waals surface area contributed by atoms with Crippen LogP contribution in [0.3, 0.4) is 0 Å². The molecule has 12 heavy (non-hydrogen) atoms. The molecule has 0 atom stereocenters. The molecule has 0 radical (unpaired) electrons. The zero-order valence-corrected chi connectivity index (χ0v) is 7.51. The topological polar surface area (TPSA) is 50.2 Å². The van der Waals surface area contributed by atoms with E-state index in [0.29, 0.717) is 5.56 Å². The Kier molecular flexibility index (Phi) is 2.75.